The predicted octanol–water partition coefficient (Wildman–Crippen LogP) is 6.34. The van der Waals surface area contributed by atoms with Crippen molar-refractivity contribution in [2.24, 2.45) is 5.92 Å². The maximum absolute atomic E-state index is 12.8. The van der Waals surface area contributed by atoms with Gasteiger partial charge in [-0.2, -0.15) is 0 Å². The van der Waals surface area contributed by atoms with E-state index in [9.17, 15) is 4.79 Å². The fourth-order valence-corrected chi connectivity index (χ4v) is 6.01. The highest BCUT2D eigenvalue weighted by molar-refractivity contribution is 5.95. The van der Waals surface area contributed by atoms with Crippen LogP contribution >= 0.6 is 0 Å². The van der Waals surface area contributed by atoms with Gasteiger partial charge in [-0.05, 0) is 61.1 Å². The molecule has 5 rings (SSSR count). The summed E-state index contributed by atoms with van der Waals surface area (Å²) >= 11 is 0. The van der Waals surface area contributed by atoms with Crippen LogP contribution in [0.2, 0.25) is 0 Å². The largest absolute Gasteiger partial charge is 0.369 e. The number of nitrogens with zero attached hydrogens (tertiary/aromatic N) is 2. The lowest BCUT2D eigenvalue weighted by Crippen LogP contribution is -2.46. The number of benzene rings is 3. The Bertz CT molecular complexity index is 1060. The highest BCUT2D eigenvalue weighted by atomic mass is 16.1. The zero-order chi connectivity index (χ0) is 25.3. The van der Waals surface area contributed by atoms with E-state index in [2.05, 4.69) is 87.9 Å². The Morgan fingerprint density at radius 3 is 2.08 bits per heavy atom. The second kappa shape index (κ2) is 12.9. The van der Waals surface area contributed by atoms with Crippen LogP contribution in [-0.4, -0.2) is 50.1 Å². The summed E-state index contributed by atoms with van der Waals surface area (Å²) in [5, 5.41) is 3.19. The van der Waals surface area contributed by atoms with Crippen LogP contribution in [0.25, 0.3) is 0 Å². The summed E-state index contributed by atoms with van der Waals surface area (Å²) in [4.78, 5) is 17.8. The zero-order valence-corrected chi connectivity index (χ0v) is 22.0. The molecule has 1 amide bonds. The molecule has 3 aromatic carbocycles. The van der Waals surface area contributed by atoms with Gasteiger partial charge in [-0.1, -0.05) is 86.0 Å². The minimum atomic E-state index is 0.0684. The molecule has 37 heavy (non-hydrogen) atoms. The molecule has 194 valence electrons. The van der Waals surface area contributed by atoms with Crippen molar-refractivity contribution in [3.05, 3.63) is 102 Å². The van der Waals surface area contributed by atoms with Crippen LogP contribution in [0, 0.1) is 5.92 Å². The van der Waals surface area contributed by atoms with Gasteiger partial charge in [0, 0.05) is 49.9 Å². The van der Waals surface area contributed by atoms with Crippen molar-refractivity contribution in [2.75, 3.05) is 44.2 Å². The third-order valence-electron chi connectivity index (χ3n) is 8.26. The maximum atomic E-state index is 12.8. The molecule has 0 unspecified atom stereocenters. The van der Waals surface area contributed by atoms with E-state index in [1.165, 1.54) is 43.2 Å². The van der Waals surface area contributed by atoms with Crippen LogP contribution in [-0.2, 0) is 0 Å². The van der Waals surface area contributed by atoms with E-state index < -0.39 is 0 Å². The molecule has 0 spiro atoms. The molecule has 4 heteroatoms. The average molecular weight is 496 g/mol. The normalized spacial score (nSPS) is 17.2. The number of amides is 1. The summed E-state index contributed by atoms with van der Waals surface area (Å²) in [7, 11) is 0. The minimum Gasteiger partial charge on any atom is -0.369 e. The smallest absolute Gasteiger partial charge is 0.251 e. The fourth-order valence-electron chi connectivity index (χ4n) is 6.01. The van der Waals surface area contributed by atoms with E-state index in [1.807, 2.05) is 12.1 Å². The van der Waals surface area contributed by atoms with Gasteiger partial charge in [0.25, 0.3) is 5.91 Å². The van der Waals surface area contributed by atoms with Crippen LogP contribution in [0.3, 0.4) is 0 Å². The van der Waals surface area contributed by atoms with Crippen LogP contribution in [0.1, 0.15) is 65.9 Å². The van der Waals surface area contributed by atoms with Crippen LogP contribution < -0.4 is 10.2 Å². The van der Waals surface area contributed by atoms with Gasteiger partial charge < -0.3 is 10.2 Å². The minimum absolute atomic E-state index is 0.0684. The Kier molecular flexibility index (Phi) is 8.91. The van der Waals surface area contributed by atoms with E-state index in [0.717, 1.165) is 56.9 Å². The molecule has 0 radical (unpaired) electrons. The first-order chi connectivity index (χ1) is 18.3. The van der Waals surface area contributed by atoms with Gasteiger partial charge >= 0.3 is 0 Å². The summed E-state index contributed by atoms with van der Waals surface area (Å²) in [6.45, 7) is 5.99. The molecule has 3 aromatic rings. The fraction of sp³-hybridized carbons (Fsp3) is 0.424. The first-order valence-corrected chi connectivity index (χ1v) is 14.2. The van der Waals surface area contributed by atoms with Gasteiger partial charge in [0.05, 0.1) is 0 Å². The number of hydrogen-bond donors (Lipinski definition) is 1. The molecule has 4 nitrogen and oxygen atoms in total. The van der Waals surface area contributed by atoms with E-state index in [-0.39, 0.29) is 5.91 Å². The first-order valence-electron chi connectivity index (χ1n) is 14.2. The van der Waals surface area contributed by atoms with Gasteiger partial charge in [0.1, 0.15) is 0 Å². The van der Waals surface area contributed by atoms with Crippen LogP contribution in [0.5, 0.6) is 0 Å². The molecule has 1 N–H and O–H groups in total. The third kappa shape index (κ3) is 7.01. The van der Waals surface area contributed by atoms with Crippen molar-refractivity contribution < 1.29 is 4.79 Å². The molecule has 1 heterocycles. The molecular weight excluding hydrogens is 454 g/mol. The van der Waals surface area contributed by atoms with E-state index in [1.54, 1.807) is 0 Å². The summed E-state index contributed by atoms with van der Waals surface area (Å²) in [5.74, 6) is 1.14. The Morgan fingerprint density at radius 1 is 0.784 bits per heavy atom. The molecule has 0 bridgehead atoms. The lowest BCUT2D eigenvalue weighted by atomic mass is 9.88. The molecule has 1 aliphatic carbocycles. The highest BCUT2D eigenvalue weighted by Crippen LogP contribution is 2.29. The number of carbonyl (C=O) groups is 1. The first kappa shape index (κ1) is 25.5. The Labute approximate surface area is 222 Å². The number of rotatable bonds is 9. The van der Waals surface area contributed by atoms with Gasteiger partial charge in [-0.25, -0.2) is 0 Å². The van der Waals surface area contributed by atoms with Crippen LogP contribution in [0.15, 0.2) is 84.9 Å². The highest BCUT2D eigenvalue weighted by Gasteiger charge is 2.21. The topological polar surface area (TPSA) is 35.6 Å². The number of nitrogens with one attached hydrogen (secondary N) is 1. The van der Waals surface area contributed by atoms with Gasteiger partial charge in [-0.15, -0.1) is 0 Å². The quantitative estimate of drug-likeness (QED) is 0.376. The molecule has 1 saturated heterocycles. The monoisotopic (exact) mass is 495 g/mol. The van der Waals surface area contributed by atoms with Crippen molar-refractivity contribution in [1.82, 2.24) is 10.2 Å². The lowest BCUT2D eigenvalue weighted by Gasteiger charge is -2.37. The van der Waals surface area contributed by atoms with E-state index in [4.69, 9.17) is 0 Å². The van der Waals surface area contributed by atoms with Gasteiger partial charge in [0.15, 0.2) is 0 Å². The molecular formula is C33H41N3O. The second-order valence-corrected chi connectivity index (χ2v) is 10.8. The van der Waals surface area contributed by atoms with Crippen molar-refractivity contribution in [1.29, 1.82) is 0 Å². The van der Waals surface area contributed by atoms with Crippen molar-refractivity contribution in [3.63, 3.8) is 0 Å². The Balaban J connectivity index is 1.13. The molecule has 0 aromatic heterocycles. The van der Waals surface area contributed by atoms with E-state index in [0.29, 0.717) is 11.8 Å². The number of anilines is 1. The lowest BCUT2D eigenvalue weighted by molar-refractivity contribution is 0.0943. The molecule has 2 aliphatic rings. The predicted molar refractivity (Wildman–Crippen MR) is 153 cm³/mol. The summed E-state index contributed by atoms with van der Waals surface area (Å²) in [6, 6.07) is 30.0. The maximum Gasteiger partial charge on any atom is 0.251 e. The SMILES string of the molecule is O=C(NCC1CCCCC1)c1cccc(N2CCN(CCC(c3ccccc3)c3ccccc3)CC2)c1. The van der Waals surface area contributed by atoms with Crippen molar-refractivity contribution >= 4 is 11.6 Å². The average Bonchev–Trinajstić information content (AvgIpc) is 2.98. The van der Waals surface area contributed by atoms with Crippen molar-refractivity contribution in [3.8, 4) is 0 Å². The van der Waals surface area contributed by atoms with Gasteiger partial charge in [-0.3, -0.25) is 9.69 Å². The third-order valence-corrected chi connectivity index (χ3v) is 8.26. The Hall–Kier alpha value is -3.11. The molecule has 2 fully saturated rings. The summed E-state index contributed by atoms with van der Waals surface area (Å²) < 4.78 is 0. The molecule has 1 aliphatic heterocycles. The molecule has 1 saturated carbocycles. The second-order valence-electron chi connectivity index (χ2n) is 10.8. The summed E-state index contributed by atoms with van der Waals surface area (Å²) in [5.41, 5.74) is 4.73. The zero-order valence-electron chi connectivity index (χ0n) is 22.0. The van der Waals surface area contributed by atoms with Crippen molar-refractivity contribution in [2.45, 2.75) is 44.4 Å². The summed E-state index contributed by atoms with van der Waals surface area (Å²) in [6.07, 6.45) is 7.58. The molecule has 0 atom stereocenters. The van der Waals surface area contributed by atoms with E-state index >= 15 is 0 Å². The Morgan fingerprint density at radius 2 is 1.43 bits per heavy atom. The van der Waals surface area contributed by atoms with Gasteiger partial charge in [0.2, 0.25) is 0 Å². The van der Waals surface area contributed by atoms with Crippen LogP contribution in [0.4, 0.5) is 5.69 Å². The standard InChI is InChI=1S/C33H41N3O/c37-33(34-26-27-11-4-1-5-12-27)30-17-10-18-31(25-30)36-23-21-35(22-24-36)20-19-32(28-13-6-2-7-14-28)29-15-8-3-9-16-29/h2-3,6-10,13-18,25,27,32H,1,4-5,11-12,19-24,26H2,(H,34,37). The number of carbonyl (C=O) groups excluding carboxylic acids is 1. The number of hydrogen-bond acceptors (Lipinski definition) is 3. The number of piperazine rings is 1.